The number of aromatic nitrogens is 2. The summed E-state index contributed by atoms with van der Waals surface area (Å²) in [7, 11) is 0. The topological polar surface area (TPSA) is 63.8 Å². The van der Waals surface area contributed by atoms with Crippen molar-refractivity contribution in [1.82, 2.24) is 9.97 Å². The Bertz CT molecular complexity index is 538. The quantitative estimate of drug-likeness (QED) is 0.914. The molecule has 90 valence electrons. The van der Waals surface area contributed by atoms with Gasteiger partial charge in [-0.15, -0.1) is 11.3 Å². The number of rotatable bonds is 3. The van der Waals surface area contributed by atoms with Crippen molar-refractivity contribution in [2.24, 2.45) is 0 Å². The largest absolute Gasteiger partial charge is 0.383 e. The normalized spacial score (nSPS) is 10.5. The molecule has 2 aromatic heterocycles. The van der Waals surface area contributed by atoms with Crippen molar-refractivity contribution in [1.29, 1.82) is 0 Å². The molecule has 0 amide bonds. The second-order valence-corrected chi connectivity index (χ2v) is 5.53. The van der Waals surface area contributed by atoms with Crippen LogP contribution < -0.4 is 11.1 Å². The van der Waals surface area contributed by atoms with Crippen LogP contribution in [0.25, 0.3) is 0 Å². The van der Waals surface area contributed by atoms with Gasteiger partial charge in [0.2, 0.25) is 0 Å². The second kappa shape index (κ2) is 5.01. The van der Waals surface area contributed by atoms with Crippen molar-refractivity contribution in [3.05, 3.63) is 32.2 Å². The Morgan fingerprint density at radius 2 is 2.18 bits per heavy atom. The van der Waals surface area contributed by atoms with Gasteiger partial charge in [-0.1, -0.05) is 0 Å². The van der Waals surface area contributed by atoms with Gasteiger partial charge in [-0.2, -0.15) is 0 Å². The molecule has 4 nitrogen and oxygen atoms in total. The Balaban J connectivity index is 2.17. The van der Waals surface area contributed by atoms with Crippen LogP contribution in [0.3, 0.4) is 0 Å². The zero-order chi connectivity index (χ0) is 12.4. The lowest BCUT2D eigenvalue weighted by Gasteiger charge is -2.10. The van der Waals surface area contributed by atoms with Gasteiger partial charge in [-0.05, 0) is 41.2 Å². The number of anilines is 2. The predicted molar refractivity (Wildman–Crippen MR) is 75.3 cm³/mol. The molecule has 2 aromatic rings. The minimum atomic E-state index is 0.533. The zero-order valence-electron chi connectivity index (χ0n) is 9.62. The van der Waals surface area contributed by atoms with E-state index in [9.17, 15) is 0 Å². The fourth-order valence-electron chi connectivity index (χ4n) is 1.44. The number of aryl methyl sites for hydroxylation is 1. The van der Waals surface area contributed by atoms with E-state index < -0.39 is 0 Å². The van der Waals surface area contributed by atoms with Crippen LogP contribution in [0.4, 0.5) is 11.6 Å². The molecule has 0 atom stereocenters. The second-order valence-electron chi connectivity index (χ2n) is 3.67. The standard InChI is InChI=1S/C11H13BrN4S/c1-6-10(13)15-7(2)16-11(6)14-5-9-8(12)3-4-17-9/h3-4H,5H2,1-2H3,(H3,13,14,15,16). The molecule has 2 rings (SSSR count). The summed E-state index contributed by atoms with van der Waals surface area (Å²) in [4.78, 5) is 9.70. The van der Waals surface area contributed by atoms with E-state index in [1.54, 1.807) is 11.3 Å². The molecule has 0 saturated heterocycles. The maximum absolute atomic E-state index is 5.80. The lowest BCUT2D eigenvalue weighted by atomic mass is 10.3. The number of nitrogens with two attached hydrogens (primary N) is 1. The molecule has 0 aliphatic heterocycles. The van der Waals surface area contributed by atoms with Crippen LogP contribution in [0, 0.1) is 13.8 Å². The Hall–Kier alpha value is -1.14. The molecule has 17 heavy (non-hydrogen) atoms. The molecule has 0 fully saturated rings. The third-order valence-electron chi connectivity index (χ3n) is 2.40. The number of hydrogen-bond acceptors (Lipinski definition) is 5. The van der Waals surface area contributed by atoms with E-state index in [4.69, 9.17) is 5.73 Å². The molecule has 0 aliphatic rings. The van der Waals surface area contributed by atoms with Crippen LogP contribution >= 0.6 is 27.3 Å². The minimum Gasteiger partial charge on any atom is -0.383 e. The number of nitrogens with one attached hydrogen (secondary N) is 1. The van der Waals surface area contributed by atoms with Crippen molar-refractivity contribution in [3.8, 4) is 0 Å². The van der Waals surface area contributed by atoms with Crippen molar-refractivity contribution in [2.75, 3.05) is 11.1 Å². The Morgan fingerprint density at radius 1 is 1.41 bits per heavy atom. The van der Waals surface area contributed by atoms with E-state index in [1.807, 2.05) is 25.3 Å². The van der Waals surface area contributed by atoms with Crippen molar-refractivity contribution >= 4 is 38.9 Å². The van der Waals surface area contributed by atoms with Gasteiger partial charge >= 0.3 is 0 Å². The Labute approximate surface area is 112 Å². The fourth-order valence-corrected chi connectivity index (χ4v) is 2.87. The summed E-state index contributed by atoms with van der Waals surface area (Å²) in [6, 6.07) is 2.04. The molecule has 3 N–H and O–H groups in total. The minimum absolute atomic E-state index is 0.533. The molecule has 0 radical (unpaired) electrons. The number of halogens is 1. The predicted octanol–water partition coefficient (Wildman–Crippen LogP) is 3.11. The average Bonchev–Trinajstić information content (AvgIpc) is 2.67. The van der Waals surface area contributed by atoms with E-state index in [-0.39, 0.29) is 0 Å². The number of nitrogens with zero attached hydrogens (tertiary/aromatic N) is 2. The molecule has 0 saturated carbocycles. The van der Waals surface area contributed by atoms with Gasteiger partial charge in [0.05, 0.1) is 6.54 Å². The lowest BCUT2D eigenvalue weighted by Crippen LogP contribution is -2.07. The summed E-state index contributed by atoms with van der Waals surface area (Å²) in [5.74, 6) is 2.02. The highest BCUT2D eigenvalue weighted by atomic mass is 79.9. The summed E-state index contributed by atoms with van der Waals surface area (Å²) < 4.78 is 1.12. The van der Waals surface area contributed by atoms with E-state index in [1.165, 1.54) is 4.88 Å². The number of hydrogen-bond donors (Lipinski definition) is 2. The first-order valence-electron chi connectivity index (χ1n) is 5.14. The van der Waals surface area contributed by atoms with E-state index in [2.05, 4.69) is 31.2 Å². The first kappa shape index (κ1) is 12.3. The van der Waals surface area contributed by atoms with Crippen LogP contribution in [0.15, 0.2) is 15.9 Å². The molecule has 0 aromatic carbocycles. The molecule has 0 unspecified atom stereocenters. The van der Waals surface area contributed by atoms with Crippen molar-refractivity contribution in [2.45, 2.75) is 20.4 Å². The van der Waals surface area contributed by atoms with Gasteiger partial charge in [-0.3, -0.25) is 0 Å². The molecule has 2 heterocycles. The molecule has 0 bridgehead atoms. The number of nitrogen functional groups attached to an aromatic ring is 1. The summed E-state index contributed by atoms with van der Waals surface area (Å²) >= 11 is 5.20. The van der Waals surface area contributed by atoms with Crippen LogP contribution in [-0.4, -0.2) is 9.97 Å². The monoisotopic (exact) mass is 312 g/mol. The molecule has 0 spiro atoms. The highest BCUT2D eigenvalue weighted by molar-refractivity contribution is 9.10. The molecular weight excluding hydrogens is 300 g/mol. The summed E-state index contributed by atoms with van der Waals surface area (Å²) in [5.41, 5.74) is 6.69. The highest BCUT2D eigenvalue weighted by Gasteiger charge is 2.07. The van der Waals surface area contributed by atoms with E-state index in [0.29, 0.717) is 11.6 Å². The first-order chi connectivity index (χ1) is 8.08. The van der Waals surface area contributed by atoms with Crippen LogP contribution in [0.1, 0.15) is 16.3 Å². The van der Waals surface area contributed by atoms with E-state index >= 15 is 0 Å². The zero-order valence-corrected chi connectivity index (χ0v) is 12.0. The highest BCUT2D eigenvalue weighted by Crippen LogP contribution is 2.24. The maximum atomic E-state index is 5.80. The summed E-state index contributed by atoms with van der Waals surface area (Å²) in [6.45, 7) is 4.48. The molecule has 0 aliphatic carbocycles. The third kappa shape index (κ3) is 2.76. The van der Waals surface area contributed by atoms with Crippen molar-refractivity contribution < 1.29 is 0 Å². The van der Waals surface area contributed by atoms with Gasteiger partial charge in [0.15, 0.2) is 0 Å². The van der Waals surface area contributed by atoms with Gasteiger partial charge < -0.3 is 11.1 Å². The third-order valence-corrected chi connectivity index (χ3v) is 4.33. The van der Waals surface area contributed by atoms with Crippen LogP contribution in [0.5, 0.6) is 0 Å². The van der Waals surface area contributed by atoms with Gasteiger partial charge in [0.1, 0.15) is 17.5 Å². The maximum Gasteiger partial charge on any atom is 0.135 e. The van der Waals surface area contributed by atoms with Crippen LogP contribution in [0.2, 0.25) is 0 Å². The average molecular weight is 313 g/mol. The van der Waals surface area contributed by atoms with Crippen molar-refractivity contribution in [3.63, 3.8) is 0 Å². The van der Waals surface area contributed by atoms with Gasteiger partial charge in [0.25, 0.3) is 0 Å². The fraction of sp³-hybridized carbons (Fsp3) is 0.273. The van der Waals surface area contributed by atoms with E-state index in [0.717, 1.165) is 22.4 Å². The number of thiophene rings is 1. The Morgan fingerprint density at radius 3 is 2.82 bits per heavy atom. The SMILES string of the molecule is Cc1nc(N)c(C)c(NCc2sccc2Br)n1. The lowest BCUT2D eigenvalue weighted by molar-refractivity contribution is 1.02. The van der Waals surface area contributed by atoms with Crippen LogP contribution in [-0.2, 0) is 6.54 Å². The Kier molecular flexibility index (Phi) is 3.63. The molecular formula is C11H13BrN4S. The van der Waals surface area contributed by atoms with Gasteiger partial charge in [0, 0.05) is 14.9 Å². The smallest absolute Gasteiger partial charge is 0.135 e. The summed E-state index contributed by atoms with van der Waals surface area (Å²) in [5, 5.41) is 5.34. The first-order valence-corrected chi connectivity index (χ1v) is 6.81. The van der Waals surface area contributed by atoms with Gasteiger partial charge in [-0.25, -0.2) is 9.97 Å². The molecule has 6 heteroatoms. The summed E-state index contributed by atoms with van der Waals surface area (Å²) in [6.07, 6.45) is 0.